The van der Waals surface area contributed by atoms with Crippen LogP contribution in [0.25, 0.3) is 6.08 Å². The molecule has 29 heavy (non-hydrogen) atoms. The van der Waals surface area contributed by atoms with E-state index < -0.39 is 4.92 Å². The molecule has 0 aliphatic rings. The van der Waals surface area contributed by atoms with Crippen molar-refractivity contribution in [1.82, 2.24) is 4.98 Å². The summed E-state index contributed by atoms with van der Waals surface area (Å²) >= 11 is 1.35. The van der Waals surface area contributed by atoms with Crippen molar-refractivity contribution in [2.75, 3.05) is 5.32 Å². The molecule has 0 atom stereocenters. The number of carbonyl (C=O) groups is 1. The Morgan fingerprint density at radius 3 is 2.69 bits per heavy atom. The van der Waals surface area contributed by atoms with Gasteiger partial charge in [-0.05, 0) is 28.7 Å². The van der Waals surface area contributed by atoms with E-state index in [0.29, 0.717) is 17.5 Å². The van der Waals surface area contributed by atoms with E-state index in [2.05, 4.69) is 36.3 Å². The number of nitro benzene ring substituents is 1. The molecule has 0 bridgehead atoms. The molecule has 1 aromatic heterocycles. The van der Waals surface area contributed by atoms with Crippen LogP contribution < -0.4 is 5.32 Å². The summed E-state index contributed by atoms with van der Waals surface area (Å²) in [6.07, 6.45) is 5.43. The molecule has 148 valence electrons. The van der Waals surface area contributed by atoms with Crippen molar-refractivity contribution in [3.8, 4) is 0 Å². The Bertz CT molecular complexity index is 1040. The van der Waals surface area contributed by atoms with Crippen molar-refractivity contribution in [3.05, 3.63) is 92.5 Å². The topological polar surface area (TPSA) is 85.1 Å². The van der Waals surface area contributed by atoms with E-state index in [1.807, 2.05) is 18.2 Å². The van der Waals surface area contributed by atoms with Crippen LogP contribution >= 0.6 is 11.3 Å². The Balaban J connectivity index is 1.58. The maximum atomic E-state index is 12.1. The molecule has 1 amide bonds. The van der Waals surface area contributed by atoms with Gasteiger partial charge in [0.2, 0.25) is 5.91 Å². The number of hydrogen-bond donors (Lipinski definition) is 1. The number of rotatable bonds is 7. The number of aromatic nitrogens is 1. The number of benzene rings is 2. The molecule has 0 aliphatic carbocycles. The minimum Gasteiger partial charge on any atom is -0.298 e. The largest absolute Gasteiger partial charge is 0.298 e. The lowest BCUT2D eigenvalue weighted by Gasteiger charge is -2.04. The normalized spacial score (nSPS) is 11.1. The summed E-state index contributed by atoms with van der Waals surface area (Å²) in [5.41, 5.74) is 3.10. The summed E-state index contributed by atoms with van der Waals surface area (Å²) in [6.45, 7) is 4.28. The van der Waals surface area contributed by atoms with Gasteiger partial charge in [-0.3, -0.25) is 20.2 Å². The molecule has 1 heterocycles. The van der Waals surface area contributed by atoms with Gasteiger partial charge in [-0.1, -0.05) is 50.2 Å². The van der Waals surface area contributed by atoms with Gasteiger partial charge in [-0.2, -0.15) is 0 Å². The zero-order valence-electron chi connectivity index (χ0n) is 16.2. The van der Waals surface area contributed by atoms with Gasteiger partial charge in [-0.25, -0.2) is 4.98 Å². The fraction of sp³-hybridized carbons (Fsp3) is 0.182. The van der Waals surface area contributed by atoms with E-state index in [9.17, 15) is 14.9 Å². The molecule has 0 saturated carbocycles. The minimum absolute atomic E-state index is 0.0621. The van der Waals surface area contributed by atoms with E-state index in [1.165, 1.54) is 29.0 Å². The zero-order chi connectivity index (χ0) is 20.8. The molecule has 0 saturated heterocycles. The SMILES string of the molecule is CC(C)c1ccc(/C=C/C(=O)Nc2ncc(Cc3cccc([N+](=O)[O-])c3)s2)cc1. The summed E-state index contributed by atoms with van der Waals surface area (Å²) in [7, 11) is 0. The molecule has 2 aromatic carbocycles. The molecule has 0 radical (unpaired) electrons. The second-order valence-electron chi connectivity index (χ2n) is 6.88. The standard InChI is InChI=1S/C22H21N3O3S/c1-15(2)18-9-6-16(7-10-18)8-11-21(26)24-22-23-14-20(29-22)13-17-4-3-5-19(12-17)25(27)28/h3-12,14-15H,13H2,1-2H3,(H,23,24,26)/b11-8+. The maximum Gasteiger partial charge on any atom is 0.269 e. The molecule has 1 N–H and O–H groups in total. The summed E-state index contributed by atoms with van der Waals surface area (Å²) in [4.78, 5) is 27.7. The van der Waals surface area contributed by atoms with Gasteiger partial charge in [0.25, 0.3) is 5.69 Å². The molecule has 0 unspecified atom stereocenters. The number of thiazole rings is 1. The van der Waals surface area contributed by atoms with Crippen LogP contribution in [0.5, 0.6) is 0 Å². The highest BCUT2D eigenvalue weighted by molar-refractivity contribution is 7.15. The van der Waals surface area contributed by atoms with Crippen LogP contribution in [0.2, 0.25) is 0 Å². The quantitative estimate of drug-likeness (QED) is 0.322. The van der Waals surface area contributed by atoms with Crippen molar-refractivity contribution < 1.29 is 9.72 Å². The maximum absolute atomic E-state index is 12.1. The lowest BCUT2D eigenvalue weighted by molar-refractivity contribution is -0.384. The Hall–Kier alpha value is -3.32. The number of carbonyl (C=O) groups excluding carboxylic acids is 1. The number of nitrogens with one attached hydrogen (secondary N) is 1. The number of non-ortho nitro benzene ring substituents is 1. The summed E-state index contributed by atoms with van der Waals surface area (Å²) in [5, 5.41) is 14.1. The average molecular weight is 407 g/mol. The Morgan fingerprint density at radius 2 is 2.00 bits per heavy atom. The van der Waals surface area contributed by atoms with Crippen LogP contribution in [0, 0.1) is 10.1 Å². The first-order chi connectivity index (χ1) is 13.9. The van der Waals surface area contributed by atoms with Crippen molar-refractivity contribution in [2.24, 2.45) is 0 Å². The van der Waals surface area contributed by atoms with Gasteiger partial charge in [0.15, 0.2) is 5.13 Å². The number of amides is 1. The lowest BCUT2D eigenvalue weighted by atomic mass is 10.0. The predicted molar refractivity (Wildman–Crippen MR) is 116 cm³/mol. The van der Waals surface area contributed by atoms with Crippen LogP contribution in [0.3, 0.4) is 0 Å². The van der Waals surface area contributed by atoms with Gasteiger partial charge >= 0.3 is 0 Å². The van der Waals surface area contributed by atoms with Crippen LogP contribution in [-0.4, -0.2) is 15.8 Å². The predicted octanol–water partition coefficient (Wildman–Crippen LogP) is 5.42. The number of anilines is 1. The summed E-state index contributed by atoms with van der Waals surface area (Å²) in [6, 6.07) is 14.6. The van der Waals surface area contributed by atoms with Gasteiger partial charge in [0.05, 0.1) is 4.92 Å². The first-order valence-electron chi connectivity index (χ1n) is 9.18. The highest BCUT2D eigenvalue weighted by atomic mass is 32.1. The lowest BCUT2D eigenvalue weighted by Crippen LogP contribution is -2.07. The summed E-state index contributed by atoms with van der Waals surface area (Å²) < 4.78 is 0. The van der Waals surface area contributed by atoms with Crippen LogP contribution in [0.4, 0.5) is 10.8 Å². The van der Waals surface area contributed by atoms with Gasteiger partial charge in [-0.15, -0.1) is 11.3 Å². The summed E-state index contributed by atoms with van der Waals surface area (Å²) in [5.74, 6) is 0.214. The fourth-order valence-electron chi connectivity index (χ4n) is 2.74. The Kier molecular flexibility index (Phi) is 6.51. The Morgan fingerprint density at radius 1 is 1.24 bits per heavy atom. The van der Waals surface area contributed by atoms with Gasteiger partial charge in [0.1, 0.15) is 0 Å². The van der Waals surface area contributed by atoms with Crippen LogP contribution in [0.1, 0.15) is 41.3 Å². The molecule has 3 rings (SSSR count). The second-order valence-corrected chi connectivity index (χ2v) is 7.99. The van der Waals surface area contributed by atoms with E-state index >= 15 is 0 Å². The monoisotopic (exact) mass is 407 g/mol. The molecule has 3 aromatic rings. The number of nitrogens with zero attached hydrogens (tertiary/aromatic N) is 2. The molecule has 6 nitrogen and oxygen atoms in total. The highest BCUT2D eigenvalue weighted by Crippen LogP contribution is 2.23. The van der Waals surface area contributed by atoms with Crippen molar-refractivity contribution in [2.45, 2.75) is 26.2 Å². The third kappa shape index (κ3) is 5.83. The van der Waals surface area contributed by atoms with E-state index in [1.54, 1.807) is 24.4 Å². The Labute approximate surface area is 173 Å². The smallest absolute Gasteiger partial charge is 0.269 e. The molecular formula is C22H21N3O3S. The first-order valence-corrected chi connectivity index (χ1v) is 9.99. The van der Waals surface area contributed by atoms with Crippen molar-refractivity contribution >= 4 is 34.1 Å². The van der Waals surface area contributed by atoms with Gasteiger partial charge < -0.3 is 0 Å². The van der Waals surface area contributed by atoms with Crippen LogP contribution in [-0.2, 0) is 11.2 Å². The minimum atomic E-state index is -0.412. The van der Waals surface area contributed by atoms with Crippen molar-refractivity contribution in [1.29, 1.82) is 0 Å². The second kappa shape index (κ2) is 9.25. The molecule has 0 aliphatic heterocycles. The zero-order valence-corrected chi connectivity index (χ0v) is 17.0. The number of nitro groups is 1. The third-order valence-corrected chi connectivity index (χ3v) is 5.23. The third-order valence-electron chi connectivity index (χ3n) is 4.31. The number of hydrogen-bond acceptors (Lipinski definition) is 5. The molecule has 7 heteroatoms. The molecule has 0 fully saturated rings. The van der Waals surface area contributed by atoms with Crippen molar-refractivity contribution in [3.63, 3.8) is 0 Å². The molecule has 0 spiro atoms. The van der Waals surface area contributed by atoms with E-state index in [-0.39, 0.29) is 11.6 Å². The average Bonchev–Trinajstić information content (AvgIpc) is 3.13. The van der Waals surface area contributed by atoms with Gasteiger partial charge in [0, 0.05) is 35.7 Å². The van der Waals surface area contributed by atoms with E-state index in [4.69, 9.17) is 0 Å². The fourth-order valence-corrected chi connectivity index (χ4v) is 3.59. The van der Waals surface area contributed by atoms with Crippen LogP contribution in [0.15, 0.2) is 60.8 Å². The van der Waals surface area contributed by atoms with E-state index in [0.717, 1.165) is 16.0 Å². The molecular weight excluding hydrogens is 386 g/mol. The first kappa shape index (κ1) is 20.4. The highest BCUT2D eigenvalue weighted by Gasteiger charge is 2.09.